The van der Waals surface area contributed by atoms with Gasteiger partial charge < -0.3 is 40.2 Å². The van der Waals surface area contributed by atoms with Gasteiger partial charge in [-0.25, -0.2) is 34.0 Å². The van der Waals surface area contributed by atoms with Crippen LogP contribution >= 0.6 is 15.6 Å². The Morgan fingerprint density at radius 2 is 1.40 bits per heavy atom. The van der Waals surface area contributed by atoms with Crippen LogP contribution in [0.15, 0.2) is 23.8 Å². The minimum absolute atomic E-state index is 0.0199. The number of nitrogens with two attached hydrogens (primary N) is 1. The lowest BCUT2D eigenvalue weighted by Gasteiger charge is -2.27. The van der Waals surface area contributed by atoms with Crippen molar-refractivity contribution < 1.29 is 56.7 Å². The summed E-state index contributed by atoms with van der Waals surface area (Å²) in [7, 11) is -10.1. The first-order valence-electron chi connectivity index (χ1n) is 13.2. The molecule has 0 radical (unpaired) electrons. The van der Waals surface area contributed by atoms with Crippen LogP contribution in [0.25, 0.3) is 22.3 Å². The lowest BCUT2D eigenvalue weighted by Crippen LogP contribution is -2.39. The highest BCUT2D eigenvalue weighted by atomic mass is 31.2. The van der Waals surface area contributed by atoms with Gasteiger partial charge in [0.05, 0.1) is 25.9 Å². The number of nitrogens with one attached hydrogen (secondary N) is 1. The van der Waals surface area contributed by atoms with Gasteiger partial charge in [0.1, 0.15) is 54.3 Å². The molecule has 7 N–H and O–H groups in total. The number of anilines is 1. The topological polar surface area (TPSA) is 304 Å². The number of nitrogens with zero attached hydrogens (tertiary/aromatic N) is 7. The molecular weight excluding hydrogens is 648 g/mol. The Labute approximate surface area is 249 Å². The smallest absolute Gasteiger partial charge is 0.386 e. The van der Waals surface area contributed by atoms with Gasteiger partial charge in [0, 0.05) is 0 Å². The fourth-order valence-corrected chi connectivity index (χ4v) is 7.34. The molecule has 4 aromatic rings. The van der Waals surface area contributed by atoms with Crippen LogP contribution in [0.1, 0.15) is 18.3 Å². The van der Waals surface area contributed by atoms with Crippen LogP contribution in [-0.4, -0.2) is 109 Å². The predicted molar refractivity (Wildman–Crippen MR) is 144 cm³/mol. The Bertz CT molecular complexity index is 1930. The van der Waals surface area contributed by atoms with Crippen molar-refractivity contribution in [2.24, 2.45) is 0 Å². The van der Waals surface area contributed by atoms with Crippen LogP contribution in [0.3, 0.4) is 0 Å². The Balaban J connectivity index is 1.17. The zero-order valence-corrected chi connectivity index (χ0v) is 24.6. The third-order valence-corrected chi connectivity index (χ3v) is 9.39. The number of nitrogen functional groups attached to an aromatic ring is 1. The summed E-state index contributed by atoms with van der Waals surface area (Å²) in [5.41, 5.74) is 5.55. The second-order valence-electron chi connectivity index (χ2n) is 10.3. The van der Waals surface area contributed by atoms with E-state index < -0.39 is 83.5 Å². The minimum atomic E-state index is -5.04. The molecule has 3 aliphatic rings. The maximum atomic E-state index is 13.1. The molecule has 3 fully saturated rings. The van der Waals surface area contributed by atoms with Gasteiger partial charge in [-0.05, 0) is 6.92 Å². The normalized spacial score (nSPS) is 37.7. The summed E-state index contributed by atoms with van der Waals surface area (Å²) in [5.74, 6) is 0.276. The molecule has 22 nitrogen and oxygen atoms in total. The van der Waals surface area contributed by atoms with E-state index in [1.807, 2.05) is 0 Å². The average Bonchev–Trinajstić information content (AvgIpc) is 3.72. The number of ether oxygens (including phenoxy) is 2. The van der Waals surface area contributed by atoms with E-state index in [4.69, 9.17) is 33.3 Å². The number of phosphoric acid groups is 2. The summed E-state index contributed by atoms with van der Waals surface area (Å²) >= 11 is 0. The summed E-state index contributed by atoms with van der Waals surface area (Å²) in [5, 5.41) is 22.3. The number of aromatic amines is 1. The van der Waals surface area contributed by atoms with E-state index in [1.165, 1.54) is 22.4 Å². The van der Waals surface area contributed by atoms with E-state index in [0.717, 1.165) is 12.7 Å². The molecule has 0 aliphatic carbocycles. The highest BCUT2D eigenvalue weighted by Gasteiger charge is 2.54. The van der Waals surface area contributed by atoms with Gasteiger partial charge >= 0.3 is 15.6 Å². The van der Waals surface area contributed by atoms with E-state index >= 15 is 0 Å². The van der Waals surface area contributed by atoms with E-state index in [9.17, 15) is 33.9 Å². The highest BCUT2D eigenvalue weighted by Crippen LogP contribution is 2.53. The van der Waals surface area contributed by atoms with Crippen LogP contribution < -0.4 is 11.3 Å². The number of imidazole rings is 2. The van der Waals surface area contributed by atoms with Gasteiger partial charge in [-0.15, -0.1) is 0 Å². The van der Waals surface area contributed by atoms with Crippen molar-refractivity contribution in [3.63, 3.8) is 0 Å². The quantitative estimate of drug-likeness (QED) is 0.130. The maximum absolute atomic E-state index is 13.1. The van der Waals surface area contributed by atoms with Crippen LogP contribution in [0.2, 0.25) is 0 Å². The predicted octanol–water partition coefficient (Wildman–Crippen LogP) is -1.62. The lowest BCUT2D eigenvalue weighted by atomic mass is 10.1. The van der Waals surface area contributed by atoms with Crippen molar-refractivity contribution in [1.29, 1.82) is 0 Å². The van der Waals surface area contributed by atoms with Crippen molar-refractivity contribution >= 4 is 43.8 Å². The fourth-order valence-electron chi connectivity index (χ4n) is 5.41. The number of phosphoric ester groups is 2. The number of hydrogen-bond donors (Lipinski definition) is 6. The average molecular weight is 673 g/mol. The van der Waals surface area contributed by atoms with Crippen molar-refractivity contribution in [1.82, 2.24) is 39.0 Å². The first-order chi connectivity index (χ1) is 21.3. The molecule has 0 spiro atoms. The summed E-state index contributed by atoms with van der Waals surface area (Å²) in [6.45, 7) is -0.0934. The molecule has 4 aromatic heterocycles. The van der Waals surface area contributed by atoms with Crippen molar-refractivity contribution in [2.45, 2.75) is 56.0 Å². The number of aromatic nitrogens is 8. The zero-order valence-electron chi connectivity index (χ0n) is 22.8. The van der Waals surface area contributed by atoms with Gasteiger partial charge in [-0.3, -0.25) is 32.0 Å². The molecule has 7 rings (SSSR count). The Kier molecular flexibility index (Phi) is 7.39. The minimum Gasteiger partial charge on any atom is -0.386 e. The third-order valence-electron chi connectivity index (χ3n) is 7.42. The lowest BCUT2D eigenvalue weighted by molar-refractivity contribution is -0.0664. The Hall–Kier alpha value is -3.24. The SMILES string of the molecule is Cc1nc2c(ncn2[C@@H]2O[C@@H]3COP(=O)(O)O[C@H]4[C@@H](O)[C@H](n5cnc6c(N)ncnc65)O[C@@H]4COP(=O)(O)O[C@H]3[C@H]2O)c(=O)[nH]1. The van der Waals surface area contributed by atoms with E-state index in [-0.39, 0.29) is 34.0 Å². The number of aryl methyl sites for hydroxylation is 1. The second-order valence-corrected chi connectivity index (χ2v) is 13.2. The van der Waals surface area contributed by atoms with Crippen LogP contribution in [0.5, 0.6) is 0 Å². The maximum Gasteiger partial charge on any atom is 0.472 e. The molecule has 242 valence electrons. The van der Waals surface area contributed by atoms with Gasteiger partial charge in [0.25, 0.3) is 5.56 Å². The van der Waals surface area contributed by atoms with E-state index in [1.54, 1.807) is 0 Å². The monoisotopic (exact) mass is 673 g/mol. The van der Waals surface area contributed by atoms with Crippen molar-refractivity contribution in [3.05, 3.63) is 35.2 Å². The second kappa shape index (κ2) is 10.9. The molecule has 24 heteroatoms. The summed E-state index contributed by atoms with van der Waals surface area (Å²) in [4.78, 5) is 56.2. The molecule has 10 atom stereocenters. The van der Waals surface area contributed by atoms with Gasteiger partial charge in [0.2, 0.25) is 0 Å². The van der Waals surface area contributed by atoms with Crippen LogP contribution in [0.4, 0.5) is 5.82 Å². The number of hydrogen-bond acceptors (Lipinski definition) is 17. The largest absolute Gasteiger partial charge is 0.472 e. The molecule has 45 heavy (non-hydrogen) atoms. The van der Waals surface area contributed by atoms with Crippen LogP contribution in [-0.2, 0) is 36.7 Å². The first-order valence-corrected chi connectivity index (χ1v) is 16.2. The van der Waals surface area contributed by atoms with Crippen LogP contribution in [0, 0.1) is 6.92 Å². The summed E-state index contributed by atoms with van der Waals surface area (Å²) < 4.78 is 61.1. The molecular formula is C21H25N9O13P2. The summed E-state index contributed by atoms with van der Waals surface area (Å²) in [6.07, 6.45) is -8.84. The summed E-state index contributed by atoms with van der Waals surface area (Å²) in [6, 6.07) is 0. The van der Waals surface area contributed by atoms with Crippen molar-refractivity contribution in [2.75, 3.05) is 18.9 Å². The fraction of sp³-hybridized carbons (Fsp3) is 0.524. The molecule has 7 heterocycles. The van der Waals surface area contributed by atoms with Gasteiger partial charge in [-0.1, -0.05) is 0 Å². The number of fused-ring (bicyclic) bond motifs is 4. The van der Waals surface area contributed by atoms with Gasteiger partial charge in [0.15, 0.2) is 35.1 Å². The highest BCUT2D eigenvalue weighted by molar-refractivity contribution is 7.47. The molecule has 0 aromatic carbocycles. The Morgan fingerprint density at radius 3 is 1.98 bits per heavy atom. The molecule has 3 aliphatic heterocycles. The molecule has 0 saturated carbocycles. The molecule has 2 unspecified atom stereocenters. The van der Waals surface area contributed by atoms with E-state index in [0.29, 0.717) is 0 Å². The number of H-pyrrole nitrogens is 1. The Morgan fingerprint density at radius 1 is 0.867 bits per heavy atom. The van der Waals surface area contributed by atoms with E-state index in [2.05, 4.69) is 29.9 Å². The molecule has 3 saturated heterocycles. The first kappa shape index (κ1) is 30.4. The zero-order chi connectivity index (χ0) is 31.8. The molecule has 0 amide bonds. The number of aliphatic hydroxyl groups excluding tert-OH is 2. The molecule has 0 bridgehead atoms. The number of rotatable bonds is 2. The number of aliphatic hydroxyl groups is 2. The standard InChI is InChI=1S/C21H25N9O13P2/c1-7-27-18-11(19(33)28-7)26-6-30(18)21-13(32)15-9(41-21)3-39-44(34,35)42-14-8(2-38-45(36,37)43-15)40-20(12(14)31)29-5-25-10-16(22)23-4-24-17(10)29/h4-6,8-9,12-15,20-21,31-32H,2-3H2,1H3,(H,34,35)(H,36,37)(H2,22,23,24)(H,27,28,33)/t8-,9-,12-,13-,14-,15-,20-,21-/m1/s1. The van der Waals surface area contributed by atoms with Gasteiger partial charge in [-0.2, -0.15) is 0 Å². The van der Waals surface area contributed by atoms with Crippen molar-refractivity contribution in [3.8, 4) is 0 Å². The third kappa shape index (κ3) is 5.37.